The number of carbonyl (C=O) groups excluding carboxylic acids is 1. The summed E-state index contributed by atoms with van der Waals surface area (Å²) in [6, 6.07) is 9.04. The van der Waals surface area contributed by atoms with Crippen LogP contribution in [0.5, 0.6) is 11.5 Å². The van der Waals surface area contributed by atoms with Gasteiger partial charge in [-0.25, -0.2) is 4.79 Å². The SMILES string of the molecule is COc1ccc(C=NOC(=O)c2ccc([N+](=O)[O-])c(C)c2)cc1OC. The minimum atomic E-state index is -0.713. The van der Waals surface area contributed by atoms with Crippen molar-refractivity contribution in [3.63, 3.8) is 0 Å². The van der Waals surface area contributed by atoms with Gasteiger partial charge in [0.2, 0.25) is 0 Å². The molecule has 0 spiro atoms. The third kappa shape index (κ3) is 4.31. The predicted octanol–water partition coefficient (Wildman–Crippen LogP) is 3.11. The molecule has 0 fully saturated rings. The van der Waals surface area contributed by atoms with Gasteiger partial charge in [0.25, 0.3) is 5.69 Å². The first-order chi connectivity index (χ1) is 12.0. The molecule has 0 bridgehead atoms. The Morgan fingerprint density at radius 2 is 1.84 bits per heavy atom. The maximum Gasteiger partial charge on any atom is 0.365 e. The molecule has 2 rings (SSSR count). The average molecular weight is 344 g/mol. The lowest BCUT2D eigenvalue weighted by atomic mass is 10.1. The van der Waals surface area contributed by atoms with Crippen LogP contribution in [-0.4, -0.2) is 31.3 Å². The van der Waals surface area contributed by atoms with Gasteiger partial charge in [-0.2, -0.15) is 0 Å². The smallest absolute Gasteiger partial charge is 0.365 e. The molecule has 0 amide bonds. The fourth-order valence-electron chi connectivity index (χ4n) is 2.11. The van der Waals surface area contributed by atoms with E-state index in [4.69, 9.17) is 14.3 Å². The number of rotatable bonds is 6. The van der Waals surface area contributed by atoms with Gasteiger partial charge in [-0.1, -0.05) is 5.16 Å². The molecule has 8 heteroatoms. The van der Waals surface area contributed by atoms with Crippen molar-refractivity contribution in [1.29, 1.82) is 0 Å². The second-order valence-corrected chi connectivity index (χ2v) is 4.99. The molecule has 0 saturated heterocycles. The highest BCUT2D eigenvalue weighted by Gasteiger charge is 2.14. The Bertz CT molecular complexity index is 832. The van der Waals surface area contributed by atoms with Crippen LogP contribution in [0.15, 0.2) is 41.6 Å². The van der Waals surface area contributed by atoms with Crippen molar-refractivity contribution in [3.05, 3.63) is 63.2 Å². The number of nitro benzene ring substituents is 1. The van der Waals surface area contributed by atoms with Gasteiger partial charge in [0.15, 0.2) is 11.5 Å². The van der Waals surface area contributed by atoms with Gasteiger partial charge in [-0.05, 0) is 37.3 Å². The number of benzene rings is 2. The van der Waals surface area contributed by atoms with E-state index in [2.05, 4.69) is 5.16 Å². The number of methoxy groups -OCH3 is 2. The summed E-state index contributed by atoms with van der Waals surface area (Å²) >= 11 is 0. The highest BCUT2D eigenvalue weighted by Crippen LogP contribution is 2.27. The molecular formula is C17H16N2O6. The molecule has 0 atom stereocenters. The van der Waals surface area contributed by atoms with Crippen molar-refractivity contribution < 1.29 is 24.0 Å². The maximum atomic E-state index is 11.9. The summed E-state index contributed by atoms with van der Waals surface area (Å²) in [6.45, 7) is 1.54. The van der Waals surface area contributed by atoms with E-state index in [0.29, 0.717) is 22.6 Å². The molecule has 0 aromatic heterocycles. The Morgan fingerprint density at radius 3 is 2.44 bits per heavy atom. The lowest BCUT2D eigenvalue weighted by Gasteiger charge is -2.07. The van der Waals surface area contributed by atoms with E-state index in [-0.39, 0.29) is 11.3 Å². The minimum absolute atomic E-state index is 0.0645. The molecule has 2 aromatic rings. The number of nitro groups is 1. The fraction of sp³-hybridized carbons (Fsp3) is 0.176. The van der Waals surface area contributed by atoms with Crippen LogP contribution in [0.3, 0.4) is 0 Å². The second kappa shape index (κ2) is 7.91. The van der Waals surface area contributed by atoms with Crippen molar-refractivity contribution in [2.24, 2.45) is 5.16 Å². The predicted molar refractivity (Wildman–Crippen MR) is 90.4 cm³/mol. The number of ether oxygens (including phenoxy) is 2. The summed E-state index contributed by atoms with van der Waals surface area (Å²) in [5, 5.41) is 14.4. The van der Waals surface area contributed by atoms with E-state index in [1.54, 1.807) is 25.1 Å². The highest BCUT2D eigenvalue weighted by molar-refractivity contribution is 5.90. The summed E-state index contributed by atoms with van der Waals surface area (Å²) in [5.41, 5.74) is 1.12. The van der Waals surface area contributed by atoms with E-state index < -0.39 is 10.9 Å². The Balaban J connectivity index is 2.08. The van der Waals surface area contributed by atoms with Crippen LogP contribution in [0.4, 0.5) is 5.69 Å². The van der Waals surface area contributed by atoms with Crippen LogP contribution in [0, 0.1) is 17.0 Å². The molecule has 0 aliphatic rings. The quantitative estimate of drug-likeness (QED) is 0.345. The van der Waals surface area contributed by atoms with E-state index in [1.807, 2.05) is 0 Å². The van der Waals surface area contributed by atoms with Gasteiger partial charge in [0.1, 0.15) is 0 Å². The molecule has 25 heavy (non-hydrogen) atoms. The number of nitrogens with zero attached hydrogens (tertiary/aromatic N) is 2. The molecule has 0 radical (unpaired) electrons. The molecule has 8 nitrogen and oxygen atoms in total. The maximum absolute atomic E-state index is 11.9. The normalized spacial score (nSPS) is 10.5. The van der Waals surface area contributed by atoms with Crippen LogP contribution in [0.2, 0.25) is 0 Å². The molecule has 0 N–H and O–H groups in total. The lowest BCUT2D eigenvalue weighted by Crippen LogP contribution is -2.03. The third-order valence-electron chi connectivity index (χ3n) is 3.37. The zero-order valence-electron chi connectivity index (χ0n) is 13.9. The van der Waals surface area contributed by atoms with Crippen LogP contribution in [-0.2, 0) is 4.84 Å². The summed E-state index contributed by atoms with van der Waals surface area (Å²) in [7, 11) is 3.04. The Hall–Kier alpha value is -3.42. The Kier molecular flexibility index (Phi) is 5.67. The number of oxime groups is 1. The topological polar surface area (TPSA) is 100 Å². The van der Waals surface area contributed by atoms with Gasteiger partial charge in [-0.3, -0.25) is 10.1 Å². The van der Waals surface area contributed by atoms with E-state index in [0.717, 1.165) is 0 Å². The number of carbonyl (C=O) groups is 1. The summed E-state index contributed by atoms with van der Waals surface area (Å²) in [6.07, 6.45) is 1.35. The molecule has 130 valence electrons. The number of aryl methyl sites for hydroxylation is 1. The molecule has 0 heterocycles. The van der Waals surface area contributed by atoms with Gasteiger partial charge in [0.05, 0.1) is 30.9 Å². The van der Waals surface area contributed by atoms with Gasteiger partial charge in [-0.15, -0.1) is 0 Å². The average Bonchev–Trinajstić information content (AvgIpc) is 2.60. The summed E-state index contributed by atoms with van der Waals surface area (Å²) in [5.74, 6) is 0.372. The van der Waals surface area contributed by atoms with Crippen LogP contribution >= 0.6 is 0 Å². The van der Waals surface area contributed by atoms with Crippen molar-refractivity contribution in [1.82, 2.24) is 0 Å². The van der Waals surface area contributed by atoms with Gasteiger partial charge in [0, 0.05) is 17.2 Å². The van der Waals surface area contributed by atoms with Gasteiger partial charge < -0.3 is 14.3 Å². The Morgan fingerprint density at radius 1 is 1.12 bits per heavy atom. The van der Waals surface area contributed by atoms with Crippen LogP contribution < -0.4 is 9.47 Å². The second-order valence-electron chi connectivity index (χ2n) is 4.99. The molecule has 2 aromatic carbocycles. The molecule has 0 unspecified atom stereocenters. The van der Waals surface area contributed by atoms with E-state index in [9.17, 15) is 14.9 Å². The fourth-order valence-corrected chi connectivity index (χ4v) is 2.11. The summed E-state index contributed by atoms with van der Waals surface area (Å²) in [4.78, 5) is 27.0. The van der Waals surface area contributed by atoms with Crippen molar-refractivity contribution in [2.45, 2.75) is 6.92 Å². The van der Waals surface area contributed by atoms with Crippen LogP contribution in [0.1, 0.15) is 21.5 Å². The summed E-state index contributed by atoms with van der Waals surface area (Å²) < 4.78 is 10.3. The first-order valence-electron chi connectivity index (χ1n) is 7.18. The van der Waals surface area contributed by atoms with Crippen molar-refractivity contribution in [2.75, 3.05) is 14.2 Å². The first kappa shape index (κ1) is 17.9. The first-order valence-corrected chi connectivity index (χ1v) is 7.18. The zero-order chi connectivity index (χ0) is 18.4. The van der Waals surface area contributed by atoms with E-state index >= 15 is 0 Å². The standard InChI is InChI=1S/C17H16N2O6/c1-11-8-13(5-6-14(11)19(21)22)17(20)25-18-10-12-4-7-15(23-2)16(9-12)24-3/h4-10H,1-3H3. The largest absolute Gasteiger partial charge is 0.493 e. The van der Waals surface area contributed by atoms with Crippen LogP contribution in [0.25, 0.3) is 0 Å². The lowest BCUT2D eigenvalue weighted by molar-refractivity contribution is -0.385. The third-order valence-corrected chi connectivity index (χ3v) is 3.37. The zero-order valence-corrected chi connectivity index (χ0v) is 13.9. The molecular weight excluding hydrogens is 328 g/mol. The van der Waals surface area contributed by atoms with E-state index in [1.165, 1.54) is 38.6 Å². The van der Waals surface area contributed by atoms with Crippen molar-refractivity contribution in [3.8, 4) is 11.5 Å². The number of hydrogen-bond acceptors (Lipinski definition) is 7. The molecule has 0 aliphatic carbocycles. The Labute approximate surface area is 143 Å². The number of hydrogen-bond donors (Lipinski definition) is 0. The minimum Gasteiger partial charge on any atom is -0.493 e. The van der Waals surface area contributed by atoms with Gasteiger partial charge >= 0.3 is 5.97 Å². The van der Waals surface area contributed by atoms with Crippen molar-refractivity contribution >= 4 is 17.9 Å². The highest BCUT2D eigenvalue weighted by atomic mass is 16.7. The molecule has 0 saturated carbocycles. The monoisotopic (exact) mass is 344 g/mol. The molecule has 0 aliphatic heterocycles.